The monoisotopic (exact) mass is 362 g/mol. The van der Waals surface area contributed by atoms with Gasteiger partial charge in [-0.15, -0.1) is 11.3 Å². The SMILES string of the molecule is CCCCCNC(=O)C1CCN(Cc2cc(=O)n3ccsc3n2)CC1. The maximum Gasteiger partial charge on any atom is 0.258 e. The van der Waals surface area contributed by atoms with E-state index in [4.69, 9.17) is 0 Å². The van der Waals surface area contributed by atoms with Crippen LogP contribution >= 0.6 is 11.3 Å². The van der Waals surface area contributed by atoms with Gasteiger partial charge in [0.05, 0.1) is 5.69 Å². The Hall–Kier alpha value is -1.73. The number of aromatic nitrogens is 2. The summed E-state index contributed by atoms with van der Waals surface area (Å²) in [6, 6.07) is 1.62. The van der Waals surface area contributed by atoms with Gasteiger partial charge in [-0.2, -0.15) is 0 Å². The van der Waals surface area contributed by atoms with Crippen molar-refractivity contribution in [2.24, 2.45) is 5.92 Å². The average molecular weight is 362 g/mol. The Bertz CT molecular complexity index is 762. The molecule has 6 nitrogen and oxygen atoms in total. The van der Waals surface area contributed by atoms with Crippen LogP contribution in [0.15, 0.2) is 22.4 Å². The second kappa shape index (κ2) is 8.58. The number of piperidine rings is 1. The van der Waals surface area contributed by atoms with Crippen LogP contribution in [-0.2, 0) is 11.3 Å². The number of hydrogen-bond donors (Lipinski definition) is 1. The van der Waals surface area contributed by atoms with Crippen LogP contribution in [-0.4, -0.2) is 39.8 Å². The zero-order valence-corrected chi connectivity index (χ0v) is 15.6. The first kappa shape index (κ1) is 18.1. The first-order chi connectivity index (χ1) is 12.2. The number of rotatable bonds is 7. The summed E-state index contributed by atoms with van der Waals surface area (Å²) in [7, 11) is 0. The minimum absolute atomic E-state index is 0.0254. The minimum Gasteiger partial charge on any atom is -0.356 e. The van der Waals surface area contributed by atoms with Crippen molar-refractivity contribution < 1.29 is 4.79 Å². The molecule has 0 spiro atoms. The molecule has 1 N–H and O–H groups in total. The normalized spacial score (nSPS) is 16.4. The van der Waals surface area contributed by atoms with Crippen molar-refractivity contribution in [3.63, 3.8) is 0 Å². The van der Waals surface area contributed by atoms with Crippen LogP contribution < -0.4 is 10.9 Å². The van der Waals surface area contributed by atoms with Gasteiger partial charge in [0.25, 0.3) is 5.56 Å². The van der Waals surface area contributed by atoms with E-state index in [1.165, 1.54) is 24.2 Å². The van der Waals surface area contributed by atoms with Crippen LogP contribution in [0.25, 0.3) is 4.96 Å². The molecular formula is C18H26N4O2S. The third kappa shape index (κ3) is 4.67. The predicted octanol–water partition coefficient (Wildman–Crippen LogP) is 2.27. The van der Waals surface area contributed by atoms with E-state index in [0.717, 1.165) is 49.6 Å². The van der Waals surface area contributed by atoms with E-state index in [2.05, 4.69) is 22.1 Å². The van der Waals surface area contributed by atoms with E-state index in [1.807, 2.05) is 5.38 Å². The molecule has 0 saturated carbocycles. The van der Waals surface area contributed by atoms with Crippen LogP contribution in [0.3, 0.4) is 0 Å². The van der Waals surface area contributed by atoms with Crippen molar-refractivity contribution >= 4 is 22.2 Å². The molecule has 2 aromatic rings. The summed E-state index contributed by atoms with van der Waals surface area (Å²) in [5.41, 5.74) is 0.789. The number of nitrogens with zero attached hydrogens (tertiary/aromatic N) is 3. The molecule has 0 unspecified atom stereocenters. The maximum atomic E-state index is 12.2. The molecule has 1 amide bonds. The van der Waals surface area contributed by atoms with E-state index in [1.54, 1.807) is 16.7 Å². The largest absolute Gasteiger partial charge is 0.356 e. The number of hydrogen-bond acceptors (Lipinski definition) is 5. The Balaban J connectivity index is 1.48. The average Bonchev–Trinajstić information content (AvgIpc) is 3.08. The van der Waals surface area contributed by atoms with E-state index < -0.39 is 0 Å². The van der Waals surface area contributed by atoms with Gasteiger partial charge in [-0.3, -0.25) is 18.9 Å². The van der Waals surface area contributed by atoms with Gasteiger partial charge in [0.1, 0.15) is 0 Å². The highest BCUT2D eigenvalue weighted by atomic mass is 32.1. The van der Waals surface area contributed by atoms with E-state index in [0.29, 0.717) is 6.54 Å². The number of likely N-dealkylation sites (tertiary alicyclic amines) is 1. The maximum absolute atomic E-state index is 12.2. The highest BCUT2D eigenvalue weighted by molar-refractivity contribution is 7.15. The molecule has 0 bridgehead atoms. The summed E-state index contributed by atoms with van der Waals surface area (Å²) in [4.78, 5) is 31.8. The lowest BCUT2D eigenvalue weighted by Crippen LogP contribution is -2.40. The second-order valence-corrected chi connectivity index (χ2v) is 7.56. The zero-order valence-electron chi connectivity index (χ0n) is 14.7. The number of carbonyl (C=O) groups is 1. The highest BCUT2D eigenvalue weighted by Gasteiger charge is 2.25. The van der Waals surface area contributed by atoms with Gasteiger partial charge >= 0.3 is 0 Å². The van der Waals surface area contributed by atoms with Crippen molar-refractivity contribution in [2.45, 2.75) is 45.6 Å². The Labute approximate surface area is 151 Å². The third-order valence-corrected chi connectivity index (χ3v) is 5.54. The summed E-state index contributed by atoms with van der Waals surface area (Å²) in [5.74, 6) is 0.323. The molecule has 3 rings (SSSR count). The van der Waals surface area contributed by atoms with Crippen molar-refractivity contribution in [1.82, 2.24) is 19.6 Å². The summed E-state index contributed by atoms with van der Waals surface area (Å²) < 4.78 is 1.57. The van der Waals surface area contributed by atoms with Gasteiger partial charge in [-0.1, -0.05) is 19.8 Å². The first-order valence-electron chi connectivity index (χ1n) is 9.13. The van der Waals surface area contributed by atoms with Gasteiger partial charge in [-0.25, -0.2) is 4.98 Å². The van der Waals surface area contributed by atoms with Crippen molar-refractivity contribution in [2.75, 3.05) is 19.6 Å². The molecule has 0 aliphatic carbocycles. The molecule has 1 aliphatic rings. The smallest absolute Gasteiger partial charge is 0.258 e. The molecule has 7 heteroatoms. The number of amides is 1. The lowest BCUT2D eigenvalue weighted by molar-refractivity contribution is -0.126. The van der Waals surface area contributed by atoms with Crippen LogP contribution in [0, 0.1) is 5.92 Å². The quantitative estimate of drug-likeness (QED) is 0.768. The fourth-order valence-electron chi connectivity index (χ4n) is 3.28. The van der Waals surface area contributed by atoms with Crippen molar-refractivity contribution in [3.8, 4) is 0 Å². The molecule has 25 heavy (non-hydrogen) atoms. The Morgan fingerprint density at radius 2 is 2.16 bits per heavy atom. The Morgan fingerprint density at radius 3 is 2.92 bits per heavy atom. The van der Waals surface area contributed by atoms with Gasteiger partial charge in [0, 0.05) is 36.7 Å². The molecule has 0 radical (unpaired) electrons. The predicted molar refractivity (Wildman–Crippen MR) is 99.9 cm³/mol. The summed E-state index contributed by atoms with van der Waals surface area (Å²) in [6.45, 7) is 5.38. The lowest BCUT2D eigenvalue weighted by Gasteiger charge is -2.30. The van der Waals surface area contributed by atoms with Crippen molar-refractivity contribution in [3.05, 3.63) is 33.7 Å². The zero-order chi connectivity index (χ0) is 17.6. The van der Waals surface area contributed by atoms with Gasteiger partial charge in [0.2, 0.25) is 5.91 Å². The van der Waals surface area contributed by atoms with Crippen LogP contribution in [0.2, 0.25) is 0 Å². The number of nitrogens with one attached hydrogen (secondary N) is 1. The van der Waals surface area contributed by atoms with E-state index in [9.17, 15) is 9.59 Å². The summed E-state index contributed by atoms with van der Waals surface area (Å²) in [6.07, 6.45) is 6.90. The number of thiazole rings is 1. The van der Waals surface area contributed by atoms with Crippen LogP contribution in [0.4, 0.5) is 0 Å². The second-order valence-electron chi connectivity index (χ2n) is 6.69. The number of unbranched alkanes of at least 4 members (excludes halogenated alkanes) is 2. The molecule has 2 aromatic heterocycles. The first-order valence-corrected chi connectivity index (χ1v) is 10.0. The third-order valence-electron chi connectivity index (χ3n) is 4.78. The number of carbonyl (C=O) groups excluding carboxylic acids is 1. The van der Waals surface area contributed by atoms with Gasteiger partial charge in [-0.05, 0) is 32.4 Å². The fourth-order valence-corrected chi connectivity index (χ4v) is 4.02. The Kier molecular flexibility index (Phi) is 6.20. The fraction of sp³-hybridized carbons (Fsp3) is 0.611. The standard InChI is InChI=1S/C18H26N4O2S/c1-2-3-4-7-19-17(24)14-5-8-21(9-6-14)13-15-12-16(23)22-10-11-25-18(22)20-15/h10-12,14H,2-9,13H2,1H3,(H,19,24). The Morgan fingerprint density at radius 1 is 1.36 bits per heavy atom. The molecule has 0 aromatic carbocycles. The molecular weight excluding hydrogens is 336 g/mol. The minimum atomic E-state index is -0.0254. The summed E-state index contributed by atoms with van der Waals surface area (Å²) >= 11 is 1.47. The van der Waals surface area contributed by atoms with Gasteiger partial charge in [0.15, 0.2) is 4.96 Å². The van der Waals surface area contributed by atoms with E-state index in [-0.39, 0.29) is 17.4 Å². The molecule has 136 valence electrons. The lowest BCUT2D eigenvalue weighted by atomic mass is 9.95. The number of fused-ring (bicyclic) bond motifs is 1. The molecule has 3 heterocycles. The topological polar surface area (TPSA) is 66.7 Å². The van der Waals surface area contributed by atoms with Crippen molar-refractivity contribution in [1.29, 1.82) is 0 Å². The summed E-state index contributed by atoms with van der Waals surface area (Å²) in [5, 5.41) is 4.94. The molecule has 1 aliphatic heterocycles. The highest BCUT2D eigenvalue weighted by Crippen LogP contribution is 2.19. The molecule has 1 saturated heterocycles. The van der Waals surface area contributed by atoms with Crippen LogP contribution in [0.1, 0.15) is 44.7 Å². The molecule has 0 atom stereocenters. The van der Waals surface area contributed by atoms with Crippen LogP contribution in [0.5, 0.6) is 0 Å². The molecule has 1 fully saturated rings. The van der Waals surface area contributed by atoms with Gasteiger partial charge < -0.3 is 5.32 Å². The van der Waals surface area contributed by atoms with E-state index >= 15 is 0 Å².